The van der Waals surface area contributed by atoms with Crippen molar-refractivity contribution in [2.45, 2.75) is 32.7 Å². The number of primary amides is 1. The van der Waals surface area contributed by atoms with E-state index in [1.807, 2.05) is 24.8 Å². The molecule has 0 bridgehead atoms. The number of halogens is 1. The van der Waals surface area contributed by atoms with Crippen molar-refractivity contribution >= 4 is 11.6 Å². The van der Waals surface area contributed by atoms with Crippen LogP contribution in [0.3, 0.4) is 0 Å². The molecule has 112 valence electrons. The van der Waals surface area contributed by atoms with E-state index in [1.165, 1.54) is 12.1 Å². The summed E-state index contributed by atoms with van der Waals surface area (Å²) in [6.45, 7) is 6.21. The van der Waals surface area contributed by atoms with Crippen LogP contribution in [-0.4, -0.2) is 31.6 Å². The summed E-state index contributed by atoms with van der Waals surface area (Å²) in [5.74, 6) is -0.592. The van der Waals surface area contributed by atoms with E-state index in [0.717, 1.165) is 25.2 Å². The molecule has 1 atom stereocenters. The van der Waals surface area contributed by atoms with Crippen LogP contribution < -0.4 is 16.0 Å². The molecule has 3 N–H and O–H groups in total. The highest BCUT2D eigenvalue weighted by atomic mass is 19.1. The van der Waals surface area contributed by atoms with Crippen LogP contribution in [0.1, 0.15) is 26.7 Å². The lowest BCUT2D eigenvalue weighted by molar-refractivity contribution is -0.120. The molecule has 1 unspecified atom stereocenters. The summed E-state index contributed by atoms with van der Waals surface area (Å²) in [5.41, 5.74) is 6.21. The molecule has 1 amide bonds. The van der Waals surface area contributed by atoms with Gasteiger partial charge in [0.25, 0.3) is 0 Å². The van der Waals surface area contributed by atoms with E-state index < -0.39 is 0 Å². The second-order valence-corrected chi connectivity index (χ2v) is 4.76. The molecule has 0 aliphatic rings. The molecule has 0 saturated heterocycles. The fourth-order valence-corrected chi connectivity index (χ4v) is 2.09. The fraction of sp³-hybridized carbons (Fsp3) is 0.533. The van der Waals surface area contributed by atoms with Gasteiger partial charge in [-0.25, -0.2) is 4.39 Å². The lowest BCUT2D eigenvalue weighted by Crippen LogP contribution is -2.44. The maximum atomic E-state index is 13.2. The van der Waals surface area contributed by atoms with E-state index in [2.05, 4.69) is 5.32 Å². The number of hydrogen-bond acceptors (Lipinski definition) is 3. The predicted octanol–water partition coefficient (Wildman–Crippen LogP) is 1.90. The van der Waals surface area contributed by atoms with Gasteiger partial charge in [0.15, 0.2) is 0 Å². The second kappa shape index (κ2) is 8.53. The van der Waals surface area contributed by atoms with Crippen molar-refractivity contribution in [3.05, 3.63) is 30.1 Å². The number of benzene rings is 1. The monoisotopic (exact) mass is 281 g/mol. The maximum absolute atomic E-state index is 13.2. The summed E-state index contributed by atoms with van der Waals surface area (Å²) in [7, 11) is 0. The lowest BCUT2D eigenvalue weighted by Gasteiger charge is -2.25. The number of hydrogen-bond donors (Lipinski definition) is 2. The first kappa shape index (κ1) is 16.4. The molecule has 0 saturated carbocycles. The molecule has 0 aromatic heterocycles. The van der Waals surface area contributed by atoms with Crippen LogP contribution in [0.4, 0.5) is 10.1 Å². The van der Waals surface area contributed by atoms with Crippen molar-refractivity contribution in [3.63, 3.8) is 0 Å². The Morgan fingerprint density at radius 3 is 2.75 bits per heavy atom. The van der Waals surface area contributed by atoms with Crippen molar-refractivity contribution in [3.8, 4) is 0 Å². The second-order valence-electron chi connectivity index (χ2n) is 4.76. The van der Waals surface area contributed by atoms with E-state index in [1.54, 1.807) is 6.07 Å². The summed E-state index contributed by atoms with van der Waals surface area (Å²) in [4.78, 5) is 13.4. The predicted molar refractivity (Wildman–Crippen MR) is 80.2 cm³/mol. The molecule has 1 aromatic rings. The molecule has 1 aromatic carbocycles. The molecule has 0 spiro atoms. The number of nitrogens with two attached hydrogens (primary N) is 1. The number of amides is 1. The Balaban J connectivity index is 2.61. The smallest absolute Gasteiger partial charge is 0.234 e. The van der Waals surface area contributed by atoms with E-state index in [-0.39, 0.29) is 17.8 Å². The van der Waals surface area contributed by atoms with Gasteiger partial charge in [0.1, 0.15) is 5.82 Å². The minimum Gasteiger partial charge on any atom is -0.372 e. The molecule has 0 fully saturated rings. The van der Waals surface area contributed by atoms with E-state index >= 15 is 0 Å². The fourth-order valence-electron chi connectivity index (χ4n) is 2.09. The molecule has 0 heterocycles. The van der Waals surface area contributed by atoms with E-state index in [0.29, 0.717) is 13.0 Å². The van der Waals surface area contributed by atoms with Gasteiger partial charge in [-0.05, 0) is 44.5 Å². The molecule has 0 aliphatic heterocycles. The summed E-state index contributed by atoms with van der Waals surface area (Å²) >= 11 is 0. The quantitative estimate of drug-likeness (QED) is 0.727. The Labute approximate surface area is 120 Å². The standard InChI is InChI=1S/C15H24FN3O/c1-3-9-18-14(15(17)20)8-10-19(4-2)13-7-5-6-12(16)11-13/h5-7,11,14,18H,3-4,8-10H2,1-2H3,(H2,17,20). The van der Waals surface area contributed by atoms with Crippen LogP contribution >= 0.6 is 0 Å². The summed E-state index contributed by atoms with van der Waals surface area (Å²) in [6, 6.07) is 6.14. The average molecular weight is 281 g/mol. The van der Waals surface area contributed by atoms with Crippen LogP contribution in [0, 0.1) is 5.82 Å². The topological polar surface area (TPSA) is 58.4 Å². The summed E-state index contributed by atoms with van der Waals surface area (Å²) < 4.78 is 13.2. The highest BCUT2D eigenvalue weighted by Gasteiger charge is 2.15. The molecule has 4 nitrogen and oxygen atoms in total. The molecule has 20 heavy (non-hydrogen) atoms. The first-order valence-electron chi connectivity index (χ1n) is 7.11. The third-order valence-corrected chi connectivity index (χ3v) is 3.23. The number of nitrogens with zero attached hydrogens (tertiary/aromatic N) is 1. The number of nitrogens with one attached hydrogen (secondary N) is 1. The van der Waals surface area contributed by atoms with Crippen molar-refractivity contribution < 1.29 is 9.18 Å². The normalized spacial score (nSPS) is 12.2. The zero-order valence-electron chi connectivity index (χ0n) is 12.2. The van der Waals surface area contributed by atoms with E-state index in [4.69, 9.17) is 5.73 Å². The first-order valence-corrected chi connectivity index (χ1v) is 7.11. The van der Waals surface area contributed by atoms with Gasteiger partial charge in [-0.2, -0.15) is 0 Å². The zero-order valence-corrected chi connectivity index (χ0v) is 12.2. The molecular weight excluding hydrogens is 257 g/mol. The van der Waals surface area contributed by atoms with Gasteiger partial charge in [0.2, 0.25) is 5.91 Å². The third kappa shape index (κ3) is 5.17. The Kier molecular flexibility index (Phi) is 7.01. The van der Waals surface area contributed by atoms with Crippen LogP contribution in [0.15, 0.2) is 24.3 Å². The maximum Gasteiger partial charge on any atom is 0.234 e. The summed E-state index contributed by atoms with van der Waals surface area (Å²) in [6.07, 6.45) is 1.56. The zero-order chi connectivity index (χ0) is 15.0. The Morgan fingerprint density at radius 1 is 1.45 bits per heavy atom. The van der Waals surface area contributed by atoms with Gasteiger partial charge in [-0.3, -0.25) is 4.79 Å². The largest absolute Gasteiger partial charge is 0.372 e. The number of anilines is 1. The van der Waals surface area contributed by atoms with Gasteiger partial charge < -0.3 is 16.0 Å². The van der Waals surface area contributed by atoms with Gasteiger partial charge in [-0.15, -0.1) is 0 Å². The Morgan fingerprint density at radius 2 is 2.20 bits per heavy atom. The number of rotatable bonds is 9. The van der Waals surface area contributed by atoms with Crippen LogP contribution in [0.5, 0.6) is 0 Å². The van der Waals surface area contributed by atoms with Gasteiger partial charge >= 0.3 is 0 Å². The van der Waals surface area contributed by atoms with Crippen molar-refractivity contribution in [1.29, 1.82) is 0 Å². The van der Waals surface area contributed by atoms with Crippen LogP contribution in [0.2, 0.25) is 0 Å². The van der Waals surface area contributed by atoms with Crippen molar-refractivity contribution in [2.75, 3.05) is 24.5 Å². The van der Waals surface area contributed by atoms with Crippen LogP contribution in [-0.2, 0) is 4.79 Å². The molecule has 1 rings (SSSR count). The van der Waals surface area contributed by atoms with Crippen molar-refractivity contribution in [1.82, 2.24) is 5.32 Å². The molecule has 5 heteroatoms. The van der Waals surface area contributed by atoms with Crippen molar-refractivity contribution in [2.24, 2.45) is 5.73 Å². The minimum absolute atomic E-state index is 0.253. The first-order chi connectivity index (χ1) is 9.58. The van der Waals surface area contributed by atoms with E-state index in [9.17, 15) is 9.18 Å². The molecular formula is C15H24FN3O. The highest BCUT2D eigenvalue weighted by Crippen LogP contribution is 2.15. The van der Waals surface area contributed by atoms with Crippen LogP contribution in [0.25, 0.3) is 0 Å². The van der Waals surface area contributed by atoms with Gasteiger partial charge in [0.05, 0.1) is 6.04 Å². The lowest BCUT2D eigenvalue weighted by atomic mass is 10.1. The number of carbonyl (C=O) groups is 1. The Bertz CT molecular complexity index is 425. The molecule has 0 aliphatic carbocycles. The number of carbonyl (C=O) groups excluding carboxylic acids is 1. The highest BCUT2D eigenvalue weighted by molar-refractivity contribution is 5.79. The Hall–Kier alpha value is -1.62. The third-order valence-electron chi connectivity index (χ3n) is 3.23. The molecule has 0 radical (unpaired) electrons. The SMILES string of the molecule is CCCNC(CCN(CC)c1cccc(F)c1)C(N)=O. The average Bonchev–Trinajstić information content (AvgIpc) is 2.42. The minimum atomic E-state index is -0.339. The van der Waals surface area contributed by atoms with Gasteiger partial charge in [-0.1, -0.05) is 13.0 Å². The summed E-state index contributed by atoms with van der Waals surface area (Å²) in [5, 5.41) is 3.14. The van der Waals surface area contributed by atoms with Gasteiger partial charge in [0, 0.05) is 18.8 Å².